The lowest BCUT2D eigenvalue weighted by Crippen LogP contribution is -2.51. The Hall–Kier alpha value is -2.65. The largest absolute Gasteiger partial charge is 0.466 e. The smallest absolute Gasteiger partial charge is 0.416 e. The summed E-state index contributed by atoms with van der Waals surface area (Å²) in [5.41, 5.74) is 3.16. The number of thiazole rings is 1. The Labute approximate surface area is 201 Å². The van der Waals surface area contributed by atoms with Gasteiger partial charge in [-0.1, -0.05) is 35.1 Å². The van der Waals surface area contributed by atoms with Gasteiger partial charge in [0.2, 0.25) is 0 Å². The normalized spacial score (nSPS) is 17.4. The topological polar surface area (TPSA) is 45.7 Å². The van der Waals surface area contributed by atoms with Gasteiger partial charge in [-0.3, -0.25) is 9.69 Å². The van der Waals surface area contributed by atoms with Crippen molar-refractivity contribution in [3.8, 4) is 0 Å². The Morgan fingerprint density at radius 2 is 1.94 bits per heavy atom. The number of ether oxygens (including phenoxy) is 1. The fourth-order valence-electron chi connectivity index (χ4n) is 4.45. The molecule has 0 amide bonds. The molecule has 3 aromatic rings. The Morgan fingerprint density at radius 1 is 1.18 bits per heavy atom. The molecule has 34 heavy (non-hydrogen) atoms. The van der Waals surface area contributed by atoms with E-state index in [1.165, 1.54) is 23.5 Å². The van der Waals surface area contributed by atoms with E-state index < -0.39 is 11.7 Å². The van der Waals surface area contributed by atoms with Crippen LogP contribution in [0.15, 0.2) is 36.4 Å². The van der Waals surface area contributed by atoms with Crippen molar-refractivity contribution >= 4 is 32.7 Å². The number of esters is 1. The van der Waals surface area contributed by atoms with Crippen LogP contribution in [0.4, 0.5) is 18.3 Å². The van der Waals surface area contributed by atoms with Crippen LogP contribution in [0.2, 0.25) is 0 Å². The molecule has 0 aliphatic carbocycles. The van der Waals surface area contributed by atoms with Crippen molar-refractivity contribution in [3.63, 3.8) is 0 Å². The van der Waals surface area contributed by atoms with Gasteiger partial charge < -0.3 is 9.64 Å². The van der Waals surface area contributed by atoms with E-state index >= 15 is 0 Å². The summed E-state index contributed by atoms with van der Waals surface area (Å²) >= 11 is 1.31. The maximum absolute atomic E-state index is 13.1. The first-order chi connectivity index (χ1) is 16.1. The van der Waals surface area contributed by atoms with E-state index in [2.05, 4.69) is 33.8 Å². The Bertz CT molecular complexity index is 1180. The lowest BCUT2D eigenvalue weighted by atomic mass is 10.0. The second-order valence-electron chi connectivity index (χ2n) is 8.76. The van der Waals surface area contributed by atoms with Gasteiger partial charge in [-0.2, -0.15) is 13.2 Å². The van der Waals surface area contributed by atoms with Gasteiger partial charge in [0.1, 0.15) is 0 Å². The van der Waals surface area contributed by atoms with Crippen LogP contribution in [0.25, 0.3) is 10.2 Å². The zero-order chi connectivity index (χ0) is 24.5. The molecular formula is C25H28F3N3O2S. The molecule has 1 aliphatic rings. The van der Waals surface area contributed by atoms with Gasteiger partial charge in [-0.25, -0.2) is 4.98 Å². The number of carbonyl (C=O) groups excluding carboxylic acids is 1. The van der Waals surface area contributed by atoms with Crippen molar-refractivity contribution in [2.75, 3.05) is 31.1 Å². The Balaban J connectivity index is 1.43. The van der Waals surface area contributed by atoms with Crippen molar-refractivity contribution < 1.29 is 22.7 Å². The third-order valence-electron chi connectivity index (χ3n) is 5.92. The summed E-state index contributed by atoms with van der Waals surface area (Å²) in [6.07, 6.45) is -4.09. The summed E-state index contributed by atoms with van der Waals surface area (Å²) in [6.45, 7) is 9.45. The second-order valence-corrected chi connectivity index (χ2v) is 9.77. The number of alkyl halides is 3. The number of fused-ring (bicyclic) bond motifs is 1. The van der Waals surface area contributed by atoms with Gasteiger partial charge >= 0.3 is 12.1 Å². The number of carbonyl (C=O) groups is 1. The van der Waals surface area contributed by atoms with Crippen molar-refractivity contribution in [2.24, 2.45) is 0 Å². The number of aromatic nitrogens is 1. The molecule has 182 valence electrons. The highest BCUT2D eigenvalue weighted by atomic mass is 32.1. The number of aryl methyl sites for hydroxylation is 1. The van der Waals surface area contributed by atoms with Gasteiger partial charge in [-0.15, -0.1) is 0 Å². The highest BCUT2D eigenvalue weighted by Gasteiger charge is 2.31. The molecule has 2 heterocycles. The number of hydrogen-bond donors (Lipinski definition) is 0. The highest BCUT2D eigenvalue weighted by Crippen LogP contribution is 2.36. The van der Waals surface area contributed by atoms with E-state index in [0.717, 1.165) is 54.1 Å². The molecule has 1 saturated heterocycles. The lowest BCUT2D eigenvalue weighted by molar-refractivity contribution is -0.142. The molecule has 0 bridgehead atoms. The first-order valence-corrected chi connectivity index (χ1v) is 12.2. The number of halogens is 3. The Kier molecular flexibility index (Phi) is 7.14. The van der Waals surface area contributed by atoms with Gasteiger partial charge in [0.25, 0.3) is 0 Å². The molecule has 0 N–H and O–H groups in total. The first kappa shape index (κ1) is 24.5. The van der Waals surface area contributed by atoms with Crippen LogP contribution in [0.1, 0.15) is 36.1 Å². The van der Waals surface area contributed by atoms with Crippen LogP contribution in [-0.4, -0.2) is 48.1 Å². The quantitative estimate of drug-likeness (QED) is 0.430. The molecule has 5 nitrogen and oxygen atoms in total. The van der Waals surface area contributed by atoms with E-state index in [-0.39, 0.29) is 18.4 Å². The van der Waals surface area contributed by atoms with Crippen molar-refractivity contribution in [2.45, 2.75) is 46.0 Å². The van der Waals surface area contributed by atoms with E-state index in [4.69, 9.17) is 4.74 Å². The minimum Gasteiger partial charge on any atom is -0.466 e. The standard InChI is InChI=1S/C25H28F3N3O2S/c1-4-33-23(32)12-18-9-16(2)10-19(11-18)15-30-7-8-31(17(3)14-30)24-29-21-6-5-20(25(26,27)28)13-22(21)34-24/h5-6,9-11,13,17H,4,7-8,12,14-15H2,1-3H3/t17-/m1/s1. The van der Waals surface area contributed by atoms with Crippen LogP contribution < -0.4 is 4.90 Å². The summed E-state index contributed by atoms with van der Waals surface area (Å²) in [7, 11) is 0. The number of nitrogens with zero attached hydrogens (tertiary/aromatic N) is 3. The molecule has 9 heteroatoms. The summed E-state index contributed by atoms with van der Waals surface area (Å²) in [6, 6.07) is 10.1. The van der Waals surface area contributed by atoms with Crippen LogP contribution in [0.5, 0.6) is 0 Å². The molecule has 1 atom stereocenters. The third kappa shape index (κ3) is 5.70. The van der Waals surface area contributed by atoms with Crippen molar-refractivity contribution in [1.29, 1.82) is 0 Å². The lowest BCUT2D eigenvalue weighted by Gasteiger charge is -2.39. The number of rotatable bonds is 6. The molecule has 0 spiro atoms. The molecule has 2 aromatic carbocycles. The summed E-state index contributed by atoms with van der Waals surface area (Å²) in [5.74, 6) is -0.223. The molecule has 1 aromatic heterocycles. The molecular weight excluding hydrogens is 463 g/mol. The van der Waals surface area contributed by atoms with Crippen molar-refractivity contribution in [3.05, 3.63) is 58.7 Å². The second kappa shape index (κ2) is 9.92. The zero-order valence-corrected chi connectivity index (χ0v) is 20.3. The summed E-state index contributed by atoms with van der Waals surface area (Å²) in [4.78, 5) is 21.0. The monoisotopic (exact) mass is 491 g/mol. The molecule has 1 aliphatic heterocycles. The van der Waals surface area contributed by atoms with E-state index in [1.54, 1.807) is 6.92 Å². The summed E-state index contributed by atoms with van der Waals surface area (Å²) < 4.78 is 44.8. The molecule has 0 unspecified atom stereocenters. The van der Waals surface area contributed by atoms with E-state index in [1.807, 2.05) is 13.0 Å². The van der Waals surface area contributed by atoms with Gasteiger partial charge in [0.05, 0.1) is 28.8 Å². The number of anilines is 1. The number of piperazine rings is 1. The van der Waals surface area contributed by atoms with Gasteiger partial charge in [0.15, 0.2) is 5.13 Å². The predicted octanol–water partition coefficient (Wildman–Crippen LogP) is 5.44. The predicted molar refractivity (Wildman–Crippen MR) is 128 cm³/mol. The van der Waals surface area contributed by atoms with Crippen LogP contribution in [0.3, 0.4) is 0 Å². The van der Waals surface area contributed by atoms with Crippen LogP contribution >= 0.6 is 11.3 Å². The molecule has 1 fully saturated rings. The number of benzene rings is 2. The number of hydrogen-bond acceptors (Lipinski definition) is 6. The van der Waals surface area contributed by atoms with Gasteiger partial charge in [-0.05, 0) is 50.1 Å². The van der Waals surface area contributed by atoms with Crippen LogP contribution in [-0.2, 0) is 28.7 Å². The van der Waals surface area contributed by atoms with Crippen molar-refractivity contribution in [1.82, 2.24) is 9.88 Å². The Morgan fingerprint density at radius 3 is 2.65 bits per heavy atom. The molecule has 4 rings (SSSR count). The summed E-state index contributed by atoms with van der Waals surface area (Å²) in [5, 5.41) is 0.758. The maximum Gasteiger partial charge on any atom is 0.416 e. The minimum atomic E-state index is -4.36. The zero-order valence-electron chi connectivity index (χ0n) is 19.5. The SMILES string of the molecule is CCOC(=O)Cc1cc(C)cc(CN2CCN(c3nc4ccc(C(F)(F)F)cc4s3)[C@H](C)C2)c1. The third-order valence-corrected chi connectivity index (χ3v) is 6.97. The minimum absolute atomic E-state index is 0.167. The fourth-order valence-corrected chi connectivity index (χ4v) is 5.58. The van der Waals surface area contributed by atoms with Gasteiger partial charge in [0, 0.05) is 32.2 Å². The average molecular weight is 492 g/mol. The average Bonchev–Trinajstić information content (AvgIpc) is 3.16. The van der Waals surface area contributed by atoms with Crippen LogP contribution in [0, 0.1) is 6.92 Å². The first-order valence-electron chi connectivity index (χ1n) is 11.3. The van der Waals surface area contributed by atoms with E-state index in [0.29, 0.717) is 16.8 Å². The fraction of sp³-hybridized carbons (Fsp3) is 0.440. The highest BCUT2D eigenvalue weighted by molar-refractivity contribution is 7.22. The maximum atomic E-state index is 13.1. The molecule has 0 radical (unpaired) electrons. The van der Waals surface area contributed by atoms with E-state index in [9.17, 15) is 18.0 Å². The molecule has 0 saturated carbocycles.